The zero-order valence-corrected chi connectivity index (χ0v) is 19.6. The Morgan fingerprint density at radius 3 is 2.76 bits per heavy atom. The van der Waals surface area contributed by atoms with Gasteiger partial charge in [-0.25, -0.2) is 0 Å². The summed E-state index contributed by atoms with van der Waals surface area (Å²) in [5, 5.41) is 6.89. The van der Waals surface area contributed by atoms with Crippen molar-refractivity contribution in [2.75, 3.05) is 31.0 Å². The third-order valence-electron chi connectivity index (χ3n) is 5.57. The summed E-state index contributed by atoms with van der Waals surface area (Å²) in [6.45, 7) is 2.77. The van der Waals surface area contributed by atoms with E-state index in [-0.39, 0.29) is 18.0 Å². The molecule has 0 spiro atoms. The van der Waals surface area contributed by atoms with Gasteiger partial charge in [-0.2, -0.15) is 0 Å². The van der Waals surface area contributed by atoms with E-state index in [1.165, 1.54) is 6.92 Å². The minimum Gasteiger partial charge on any atom is -0.495 e. The molecule has 3 heterocycles. The van der Waals surface area contributed by atoms with Crippen LogP contribution in [-0.4, -0.2) is 41.4 Å². The second-order valence-electron chi connectivity index (χ2n) is 7.68. The maximum atomic E-state index is 11.8. The molecule has 2 atom stereocenters. The lowest BCUT2D eigenvalue weighted by Gasteiger charge is -2.29. The van der Waals surface area contributed by atoms with Gasteiger partial charge in [0.2, 0.25) is 5.91 Å². The van der Waals surface area contributed by atoms with Crippen molar-refractivity contribution in [2.24, 2.45) is 0 Å². The van der Waals surface area contributed by atoms with Crippen molar-refractivity contribution in [3.05, 3.63) is 72.3 Å². The van der Waals surface area contributed by atoms with Crippen LogP contribution in [0, 0.1) is 0 Å². The Hall–Kier alpha value is -3.43. The molecule has 0 saturated carbocycles. The number of methoxy groups -OCH3 is 2. The van der Waals surface area contributed by atoms with Gasteiger partial charge in [0.25, 0.3) is 0 Å². The van der Waals surface area contributed by atoms with Crippen LogP contribution in [0.4, 0.5) is 11.4 Å². The van der Waals surface area contributed by atoms with Crippen LogP contribution in [0.5, 0.6) is 5.75 Å². The largest absolute Gasteiger partial charge is 0.495 e. The van der Waals surface area contributed by atoms with Gasteiger partial charge in [0, 0.05) is 44.4 Å². The van der Waals surface area contributed by atoms with E-state index < -0.39 is 0 Å². The Bertz CT molecular complexity index is 1130. The lowest BCUT2D eigenvalue weighted by molar-refractivity contribution is -0.114. The number of anilines is 2. The van der Waals surface area contributed by atoms with E-state index in [1.54, 1.807) is 20.4 Å². The van der Waals surface area contributed by atoms with Gasteiger partial charge < -0.3 is 29.6 Å². The molecule has 1 amide bonds. The minimum absolute atomic E-state index is 0.166. The Balaban J connectivity index is 1.82. The molecule has 172 valence electrons. The van der Waals surface area contributed by atoms with E-state index >= 15 is 0 Å². The molecular weight excluding hydrogens is 438 g/mol. The highest BCUT2D eigenvalue weighted by molar-refractivity contribution is 7.80. The first-order chi connectivity index (χ1) is 16.0. The Labute approximate surface area is 198 Å². The summed E-state index contributed by atoms with van der Waals surface area (Å²) in [4.78, 5) is 18.4. The van der Waals surface area contributed by atoms with E-state index in [2.05, 4.69) is 31.2 Å². The maximum absolute atomic E-state index is 11.8. The van der Waals surface area contributed by atoms with Gasteiger partial charge in [0.15, 0.2) is 5.11 Å². The van der Waals surface area contributed by atoms with Gasteiger partial charge in [-0.1, -0.05) is 6.07 Å². The van der Waals surface area contributed by atoms with Crippen LogP contribution in [-0.2, 0) is 16.1 Å². The minimum atomic E-state index is -0.177. The van der Waals surface area contributed by atoms with Gasteiger partial charge in [-0.05, 0) is 54.7 Å². The smallest absolute Gasteiger partial charge is 0.221 e. The van der Waals surface area contributed by atoms with E-state index in [4.69, 9.17) is 21.7 Å². The SMILES string of the molecule is COCCn1cccc1[C@@H]1[C@@H](c2ccccn2)NC(=S)N1c1ccc(OC)c(NC(C)=O)c1. The summed E-state index contributed by atoms with van der Waals surface area (Å²) in [6.07, 6.45) is 3.83. The Kier molecular flexibility index (Phi) is 6.90. The number of benzene rings is 1. The van der Waals surface area contributed by atoms with Crippen LogP contribution in [0.2, 0.25) is 0 Å². The third kappa shape index (κ3) is 4.69. The van der Waals surface area contributed by atoms with Gasteiger partial charge in [0.1, 0.15) is 11.8 Å². The number of thiocarbonyl (C=S) groups is 1. The number of nitrogens with zero attached hydrogens (tertiary/aromatic N) is 3. The zero-order valence-electron chi connectivity index (χ0n) is 18.8. The van der Waals surface area contributed by atoms with Crippen molar-refractivity contribution in [1.82, 2.24) is 14.9 Å². The molecule has 2 N–H and O–H groups in total. The van der Waals surface area contributed by atoms with Crippen molar-refractivity contribution in [2.45, 2.75) is 25.6 Å². The lowest BCUT2D eigenvalue weighted by atomic mass is 10.0. The van der Waals surface area contributed by atoms with Crippen LogP contribution in [0.25, 0.3) is 0 Å². The molecule has 0 radical (unpaired) electrons. The second-order valence-corrected chi connectivity index (χ2v) is 8.07. The monoisotopic (exact) mass is 465 g/mol. The number of hydrogen-bond acceptors (Lipinski definition) is 5. The second kappa shape index (κ2) is 10.0. The van der Waals surface area contributed by atoms with Gasteiger partial charge in [-0.15, -0.1) is 0 Å². The van der Waals surface area contributed by atoms with Gasteiger partial charge >= 0.3 is 0 Å². The van der Waals surface area contributed by atoms with Gasteiger partial charge in [0.05, 0.1) is 31.1 Å². The molecule has 9 heteroatoms. The van der Waals surface area contributed by atoms with E-state index in [0.717, 1.165) is 17.1 Å². The van der Waals surface area contributed by atoms with Crippen molar-refractivity contribution >= 4 is 34.6 Å². The molecule has 1 fully saturated rings. The summed E-state index contributed by atoms with van der Waals surface area (Å²) < 4.78 is 12.9. The molecule has 1 aromatic carbocycles. The number of hydrogen-bond donors (Lipinski definition) is 2. The number of pyridine rings is 1. The van der Waals surface area contributed by atoms with Crippen molar-refractivity contribution in [3.63, 3.8) is 0 Å². The van der Waals surface area contributed by atoms with Crippen LogP contribution < -0.4 is 20.3 Å². The number of ether oxygens (including phenoxy) is 2. The molecule has 0 bridgehead atoms. The molecule has 0 unspecified atom stereocenters. The van der Waals surface area contributed by atoms with Crippen LogP contribution >= 0.6 is 12.2 Å². The lowest BCUT2D eigenvalue weighted by Crippen LogP contribution is -2.30. The number of carbonyl (C=O) groups is 1. The molecule has 8 nitrogen and oxygen atoms in total. The summed E-state index contributed by atoms with van der Waals surface area (Å²) >= 11 is 5.81. The van der Waals surface area contributed by atoms with Crippen LogP contribution in [0.1, 0.15) is 30.4 Å². The number of aromatic nitrogens is 2. The fraction of sp³-hybridized carbons (Fsp3) is 0.292. The predicted octanol–water partition coefficient (Wildman–Crippen LogP) is 3.67. The third-order valence-corrected chi connectivity index (χ3v) is 5.89. The highest BCUT2D eigenvalue weighted by Crippen LogP contribution is 2.43. The fourth-order valence-corrected chi connectivity index (χ4v) is 4.50. The topological polar surface area (TPSA) is 80.7 Å². The first-order valence-corrected chi connectivity index (χ1v) is 11.0. The number of rotatable bonds is 8. The van der Waals surface area contributed by atoms with Crippen molar-refractivity contribution in [3.8, 4) is 5.75 Å². The normalized spacial score (nSPS) is 17.7. The average Bonchev–Trinajstić information content (AvgIpc) is 3.41. The summed E-state index contributed by atoms with van der Waals surface area (Å²) in [7, 11) is 3.27. The molecule has 3 aromatic rings. The first-order valence-electron chi connectivity index (χ1n) is 10.6. The molecule has 2 aromatic heterocycles. The van der Waals surface area contributed by atoms with Gasteiger partial charge in [-0.3, -0.25) is 9.78 Å². The van der Waals surface area contributed by atoms with Crippen molar-refractivity contribution in [1.29, 1.82) is 0 Å². The number of carbonyl (C=O) groups excluding carboxylic acids is 1. The summed E-state index contributed by atoms with van der Waals surface area (Å²) in [5.41, 5.74) is 3.38. The van der Waals surface area contributed by atoms with E-state index in [9.17, 15) is 4.79 Å². The predicted molar refractivity (Wildman–Crippen MR) is 132 cm³/mol. The highest BCUT2D eigenvalue weighted by atomic mass is 32.1. The van der Waals surface area contributed by atoms with Crippen LogP contribution in [0.3, 0.4) is 0 Å². The average molecular weight is 466 g/mol. The summed E-state index contributed by atoms with van der Waals surface area (Å²) in [6, 6.07) is 15.3. The zero-order chi connectivity index (χ0) is 23.4. The molecule has 1 aliphatic rings. The molecule has 33 heavy (non-hydrogen) atoms. The van der Waals surface area contributed by atoms with E-state index in [0.29, 0.717) is 29.7 Å². The fourth-order valence-electron chi connectivity index (χ4n) is 4.16. The number of amides is 1. The summed E-state index contributed by atoms with van der Waals surface area (Å²) in [5.74, 6) is 0.400. The molecular formula is C24H27N5O3S. The molecule has 0 aliphatic carbocycles. The Morgan fingerprint density at radius 2 is 2.06 bits per heavy atom. The van der Waals surface area contributed by atoms with Crippen LogP contribution in [0.15, 0.2) is 60.9 Å². The quantitative estimate of drug-likeness (QED) is 0.491. The Morgan fingerprint density at radius 1 is 1.21 bits per heavy atom. The molecule has 1 aliphatic heterocycles. The first kappa shape index (κ1) is 22.8. The molecule has 1 saturated heterocycles. The number of nitrogens with one attached hydrogen (secondary N) is 2. The maximum Gasteiger partial charge on any atom is 0.221 e. The van der Waals surface area contributed by atoms with E-state index in [1.807, 2.05) is 48.7 Å². The molecule has 4 rings (SSSR count). The van der Waals surface area contributed by atoms with Crippen molar-refractivity contribution < 1.29 is 14.3 Å². The highest BCUT2D eigenvalue weighted by Gasteiger charge is 2.42. The standard InChI is InChI=1S/C24H27N5O3S/c1-16(30)26-19-15-17(9-10-21(19)32-3)29-23(20-8-6-12-28(20)13-14-31-2)22(27-24(29)33)18-7-4-5-11-25-18/h4-12,15,22-23H,13-14H2,1-3H3,(H,26,30)(H,27,33)/t22-,23-/m1/s1.